The van der Waals surface area contributed by atoms with Crippen molar-refractivity contribution in [2.24, 2.45) is 0 Å². The van der Waals surface area contributed by atoms with E-state index in [0.717, 1.165) is 0 Å². The van der Waals surface area contributed by atoms with Gasteiger partial charge in [-0.15, -0.1) is 0 Å². The number of hydrogen-bond donors (Lipinski definition) is 0. The first-order valence-corrected chi connectivity index (χ1v) is 1.90. The van der Waals surface area contributed by atoms with Crippen LogP contribution in [0.15, 0.2) is 0 Å². The molecule has 0 aromatic heterocycles. The van der Waals surface area contributed by atoms with E-state index in [1.165, 1.54) is 6.92 Å². The van der Waals surface area contributed by atoms with E-state index in [-0.39, 0.29) is 37.0 Å². The predicted molar refractivity (Wildman–Crippen MR) is 30.6 cm³/mol. The molecular formula is C4H10NaO2+. The van der Waals surface area contributed by atoms with E-state index in [9.17, 15) is 4.79 Å². The monoisotopic (exact) mass is 113 g/mol. The van der Waals surface area contributed by atoms with Gasteiger partial charge in [0.25, 0.3) is 0 Å². The Bertz CT molecular complexity index is 58.0. The minimum atomic E-state index is -0.211. The van der Waals surface area contributed by atoms with Gasteiger partial charge in [0.15, 0.2) is 0 Å². The molecule has 0 aliphatic rings. The molecule has 0 aliphatic heterocycles. The van der Waals surface area contributed by atoms with Crippen LogP contribution in [0, 0.1) is 0 Å². The van der Waals surface area contributed by atoms with Gasteiger partial charge >= 0.3 is 37.0 Å². The maximum absolute atomic E-state index is 9.82. The molecule has 7 heavy (non-hydrogen) atoms. The zero-order valence-corrected chi connectivity index (χ0v) is 4.02. The third-order valence-corrected chi connectivity index (χ3v) is 0.348. The van der Waals surface area contributed by atoms with E-state index < -0.39 is 0 Å². The second-order valence-electron chi connectivity index (χ2n) is 0.925. The van der Waals surface area contributed by atoms with Gasteiger partial charge in [-0.3, -0.25) is 4.79 Å². The molecule has 0 atom stereocenters. The van der Waals surface area contributed by atoms with Crippen LogP contribution in [0.2, 0.25) is 0 Å². The molecule has 0 saturated heterocycles. The van der Waals surface area contributed by atoms with E-state index in [2.05, 4.69) is 4.74 Å². The number of carbonyl (C=O) groups excluding carboxylic acids is 1. The van der Waals surface area contributed by atoms with Crippen molar-refractivity contribution in [3.8, 4) is 0 Å². The second kappa shape index (κ2) is 6.47. The van der Waals surface area contributed by atoms with Crippen LogP contribution in [0.25, 0.3) is 0 Å². The molecule has 0 N–H and O–H groups in total. The third-order valence-electron chi connectivity index (χ3n) is 0.348. The Morgan fingerprint density at radius 3 is 2.29 bits per heavy atom. The Balaban J connectivity index is -0.000000125. The molecule has 2 nitrogen and oxygen atoms in total. The molecule has 0 amide bonds. The molecule has 0 aromatic carbocycles. The SMILES string of the molecule is CCOC(C)=O.[H+].[NaH]. The van der Waals surface area contributed by atoms with Gasteiger partial charge in [-0.2, -0.15) is 0 Å². The first kappa shape index (κ1) is 10.5. The van der Waals surface area contributed by atoms with Crippen molar-refractivity contribution in [1.82, 2.24) is 0 Å². The van der Waals surface area contributed by atoms with Crippen molar-refractivity contribution in [3.63, 3.8) is 0 Å². The molecule has 0 aliphatic carbocycles. The maximum atomic E-state index is 9.82. The summed E-state index contributed by atoms with van der Waals surface area (Å²) in [5, 5.41) is 0. The quantitative estimate of drug-likeness (QED) is 0.354. The fourth-order valence-corrected chi connectivity index (χ4v) is 0.203. The Morgan fingerprint density at radius 2 is 2.29 bits per heavy atom. The molecule has 0 bridgehead atoms. The number of esters is 1. The molecule has 0 unspecified atom stereocenters. The fourth-order valence-electron chi connectivity index (χ4n) is 0.203. The van der Waals surface area contributed by atoms with E-state index in [1.54, 1.807) is 6.92 Å². The van der Waals surface area contributed by atoms with E-state index in [0.29, 0.717) is 6.61 Å². The predicted octanol–water partition coefficient (Wildman–Crippen LogP) is 0.0334. The summed E-state index contributed by atoms with van der Waals surface area (Å²) in [6.45, 7) is 3.65. The normalized spacial score (nSPS) is 6.57. The van der Waals surface area contributed by atoms with Gasteiger partial charge in [0.2, 0.25) is 0 Å². The summed E-state index contributed by atoms with van der Waals surface area (Å²) in [5.74, 6) is -0.211. The fraction of sp³-hybridized carbons (Fsp3) is 0.750. The van der Waals surface area contributed by atoms with Gasteiger partial charge < -0.3 is 4.74 Å². The summed E-state index contributed by atoms with van der Waals surface area (Å²) in [6.07, 6.45) is 0. The van der Waals surface area contributed by atoms with E-state index >= 15 is 0 Å². The molecule has 0 heterocycles. The van der Waals surface area contributed by atoms with Crippen LogP contribution >= 0.6 is 0 Å². The van der Waals surface area contributed by atoms with Crippen LogP contribution in [-0.2, 0) is 9.53 Å². The van der Waals surface area contributed by atoms with Gasteiger partial charge in [-0.05, 0) is 6.92 Å². The van der Waals surface area contributed by atoms with Crippen molar-refractivity contribution in [3.05, 3.63) is 0 Å². The van der Waals surface area contributed by atoms with Crippen LogP contribution in [0.1, 0.15) is 15.3 Å². The van der Waals surface area contributed by atoms with Gasteiger partial charge in [-0.25, -0.2) is 0 Å². The molecular weight excluding hydrogens is 103 g/mol. The summed E-state index contributed by atoms with van der Waals surface area (Å²) in [5.41, 5.74) is 0. The standard InChI is InChI=1S/C4H8O2.Na.H/c1-3-6-4(2)5;;/h3H2,1-2H3;;/p+1. The Hall–Kier alpha value is 0.470. The molecule has 38 valence electrons. The molecule has 0 saturated carbocycles. The second-order valence-corrected chi connectivity index (χ2v) is 0.925. The molecule has 0 fully saturated rings. The summed E-state index contributed by atoms with van der Waals surface area (Å²) in [7, 11) is 0. The third kappa shape index (κ3) is 10.7. The summed E-state index contributed by atoms with van der Waals surface area (Å²) < 4.78 is 4.40. The van der Waals surface area contributed by atoms with E-state index in [4.69, 9.17) is 0 Å². The number of carbonyl (C=O) groups is 1. The van der Waals surface area contributed by atoms with Crippen molar-refractivity contribution < 1.29 is 11.0 Å². The summed E-state index contributed by atoms with van der Waals surface area (Å²) >= 11 is 0. The average Bonchev–Trinajstić information content (AvgIpc) is 1.35. The molecule has 0 aromatic rings. The Labute approximate surface area is 67.0 Å². The van der Waals surface area contributed by atoms with Crippen molar-refractivity contribution in [2.45, 2.75) is 13.8 Å². The van der Waals surface area contributed by atoms with Gasteiger partial charge in [0, 0.05) is 6.92 Å². The summed E-state index contributed by atoms with van der Waals surface area (Å²) in [6, 6.07) is 0. The summed E-state index contributed by atoms with van der Waals surface area (Å²) in [4.78, 5) is 9.82. The molecule has 0 spiro atoms. The van der Waals surface area contributed by atoms with Gasteiger partial charge in [0.1, 0.15) is 0 Å². The van der Waals surface area contributed by atoms with Crippen molar-refractivity contribution in [2.75, 3.05) is 6.61 Å². The van der Waals surface area contributed by atoms with Crippen LogP contribution in [0.5, 0.6) is 0 Å². The molecule has 3 heteroatoms. The molecule has 0 rings (SSSR count). The number of rotatable bonds is 1. The van der Waals surface area contributed by atoms with Gasteiger partial charge in [-0.1, -0.05) is 0 Å². The van der Waals surface area contributed by atoms with Crippen molar-refractivity contribution >= 4 is 35.5 Å². The zero-order valence-electron chi connectivity index (χ0n) is 5.02. The first-order valence-electron chi connectivity index (χ1n) is 1.90. The Kier molecular flexibility index (Phi) is 9.66. The van der Waals surface area contributed by atoms with Crippen LogP contribution in [0.3, 0.4) is 0 Å². The molecule has 0 radical (unpaired) electrons. The number of hydrogen-bond acceptors (Lipinski definition) is 2. The minimum absolute atomic E-state index is 0. The van der Waals surface area contributed by atoms with Gasteiger partial charge in [0.05, 0.1) is 6.61 Å². The van der Waals surface area contributed by atoms with Crippen LogP contribution < -0.4 is 0 Å². The average molecular weight is 113 g/mol. The zero-order chi connectivity index (χ0) is 4.99. The van der Waals surface area contributed by atoms with E-state index in [1.807, 2.05) is 0 Å². The number of ether oxygens (including phenoxy) is 1. The van der Waals surface area contributed by atoms with Crippen LogP contribution in [0.4, 0.5) is 0 Å². The van der Waals surface area contributed by atoms with Crippen LogP contribution in [-0.4, -0.2) is 42.1 Å². The van der Waals surface area contributed by atoms with Crippen molar-refractivity contribution in [1.29, 1.82) is 0 Å². The first-order chi connectivity index (χ1) is 2.77. The topological polar surface area (TPSA) is 26.3 Å². The Morgan fingerprint density at radius 1 is 1.86 bits per heavy atom.